The Morgan fingerprint density at radius 3 is 2.54 bits per heavy atom. The van der Waals surface area contributed by atoms with E-state index < -0.39 is 0 Å². The number of rotatable bonds is 10. The van der Waals surface area contributed by atoms with Crippen LogP contribution < -0.4 is 24.6 Å². The van der Waals surface area contributed by atoms with Crippen molar-refractivity contribution in [3.63, 3.8) is 0 Å². The second-order valence-electron chi connectivity index (χ2n) is 9.77. The number of hydrogen-bond acceptors (Lipinski definition) is 11. The van der Waals surface area contributed by atoms with Crippen LogP contribution in [0.15, 0.2) is 42.9 Å². The van der Waals surface area contributed by atoms with Crippen LogP contribution in [0.1, 0.15) is 19.4 Å². The van der Waals surface area contributed by atoms with E-state index in [9.17, 15) is 0 Å². The van der Waals surface area contributed by atoms with Crippen LogP contribution in [0, 0.1) is 0 Å². The number of benzene rings is 2. The average Bonchev–Trinajstić information content (AvgIpc) is 2.99. The molecule has 0 unspecified atom stereocenters. The Labute approximate surface area is 250 Å². The molecule has 1 aliphatic rings. The standard InChI is InChI=1S/C29H36ClN9OS/c1-6-19-16-23(25(40-5)17-24(19)39-14-12-37(3)13-15-39)35-29-33-18-20(30)28(36-29)34-22-9-8-21-26(32-11-10-31-21)27(22)38(4)41-7-2/h8-11,16-18H,6-7,12-15H2,1-5H3,(H2,33,34,35,36). The predicted molar refractivity (Wildman–Crippen MR) is 172 cm³/mol. The number of methoxy groups -OCH3 is 1. The SMILES string of the molecule is CCSN(C)c1c(Nc2nc(Nc3cc(CC)c(N4CCN(C)CC4)cc3OC)ncc2Cl)ccc2nccnc12. The van der Waals surface area contributed by atoms with Gasteiger partial charge in [0.25, 0.3) is 0 Å². The summed E-state index contributed by atoms with van der Waals surface area (Å²) >= 11 is 8.27. The van der Waals surface area contributed by atoms with Gasteiger partial charge in [0.2, 0.25) is 5.95 Å². The van der Waals surface area contributed by atoms with Crippen LogP contribution in [0.2, 0.25) is 5.02 Å². The fraction of sp³-hybridized carbons (Fsp3) is 0.379. The summed E-state index contributed by atoms with van der Waals surface area (Å²) in [6, 6.07) is 8.16. The van der Waals surface area contributed by atoms with Gasteiger partial charge < -0.3 is 29.5 Å². The molecule has 1 fully saturated rings. The molecule has 12 heteroatoms. The van der Waals surface area contributed by atoms with E-state index in [1.54, 1.807) is 37.6 Å². The third-order valence-corrected chi connectivity index (χ3v) is 8.23. The Morgan fingerprint density at radius 1 is 1.02 bits per heavy atom. The van der Waals surface area contributed by atoms with E-state index in [1.165, 1.54) is 11.3 Å². The van der Waals surface area contributed by atoms with Crippen molar-refractivity contribution in [2.75, 3.05) is 73.0 Å². The van der Waals surface area contributed by atoms with Crippen LogP contribution in [0.25, 0.3) is 11.0 Å². The van der Waals surface area contributed by atoms with Gasteiger partial charge >= 0.3 is 0 Å². The first-order chi connectivity index (χ1) is 19.9. The molecule has 5 rings (SSSR count). The molecule has 2 aromatic heterocycles. The first-order valence-electron chi connectivity index (χ1n) is 13.7. The number of aromatic nitrogens is 4. The Morgan fingerprint density at radius 2 is 1.80 bits per heavy atom. The van der Waals surface area contributed by atoms with E-state index >= 15 is 0 Å². The maximum Gasteiger partial charge on any atom is 0.229 e. The van der Waals surface area contributed by atoms with E-state index in [2.05, 4.69) is 72.7 Å². The lowest BCUT2D eigenvalue weighted by molar-refractivity contribution is 0.312. The Kier molecular flexibility index (Phi) is 9.16. The lowest BCUT2D eigenvalue weighted by Gasteiger charge is -2.35. The predicted octanol–water partition coefficient (Wildman–Crippen LogP) is 5.99. The van der Waals surface area contributed by atoms with Crippen molar-refractivity contribution >= 4 is 69.1 Å². The van der Waals surface area contributed by atoms with Crippen molar-refractivity contribution < 1.29 is 4.74 Å². The molecule has 2 N–H and O–H groups in total. The lowest BCUT2D eigenvalue weighted by Crippen LogP contribution is -2.44. The van der Waals surface area contributed by atoms with Crippen LogP contribution in [0.4, 0.5) is 34.5 Å². The number of ether oxygens (including phenoxy) is 1. The zero-order valence-electron chi connectivity index (χ0n) is 24.1. The van der Waals surface area contributed by atoms with Crippen LogP contribution in [0.3, 0.4) is 0 Å². The molecule has 10 nitrogen and oxygen atoms in total. The van der Waals surface area contributed by atoms with Crippen LogP contribution in [-0.2, 0) is 6.42 Å². The van der Waals surface area contributed by atoms with Gasteiger partial charge in [0.05, 0.1) is 35.9 Å². The van der Waals surface area contributed by atoms with E-state index in [-0.39, 0.29) is 0 Å². The fourth-order valence-electron chi connectivity index (χ4n) is 4.97. The molecule has 1 aliphatic heterocycles. The van der Waals surface area contributed by atoms with E-state index in [4.69, 9.17) is 21.3 Å². The maximum absolute atomic E-state index is 6.59. The minimum Gasteiger partial charge on any atom is -0.494 e. The zero-order chi connectivity index (χ0) is 28.9. The Hall–Kier alpha value is -3.54. The number of halogens is 1. The van der Waals surface area contributed by atoms with Crippen molar-refractivity contribution in [1.82, 2.24) is 24.8 Å². The highest BCUT2D eigenvalue weighted by atomic mass is 35.5. The van der Waals surface area contributed by atoms with Gasteiger partial charge in [0.1, 0.15) is 16.3 Å². The first-order valence-corrected chi connectivity index (χ1v) is 15.0. The maximum atomic E-state index is 6.59. The molecule has 0 radical (unpaired) electrons. The third-order valence-electron chi connectivity index (χ3n) is 7.12. The summed E-state index contributed by atoms with van der Waals surface area (Å²) in [5, 5.41) is 7.19. The zero-order valence-corrected chi connectivity index (χ0v) is 25.7. The number of nitrogens with zero attached hydrogens (tertiary/aromatic N) is 7. The lowest BCUT2D eigenvalue weighted by atomic mass is 10.1. The number of nitrogens with one attached hydrogen (secondary N) is 2. The number of aryl methyl sites for hydroxylation is 1. The second-order valence-corrected chi connectivity index (χ2v) is 11.6. The molecule has 2 aromatic carbocycles. The molecular weight excluding hydrogens is 558 g/mol. The fourth-order valence-corrected chi connectivity index (χ4v) is 5.81. The molecular formula is C29H36ClN9OS. The molecule has 0 aliphatic carbocycles. The van der Waals surface area contributed by atoms with Crippen molar-refractivity contribution in [2.24, 2.45) is 0 Å². The van der Waals surface area contributed by atoms with Crippen molar-refractivity contribution in [1.29, 1.82) is 0 Å². The summed E-state index contributed by atoms with van der Waals surface area (Å²) < 4.78 is 7.90. The highest BCUT2D eigenvalue weighted by Crippen LogP contribution is 2.39. The van der Waals surface area contributed by atoms with Gasteiger partial charge in [-0.1, -0.05) is 37.4 Å². The van der Waals surface area contributed by atoms with E-state index in [1.807, 2.05) is 19.2 Å². The van der Waals surface area contributed by atoms with E-state index in [0.29, 0.717) is 16.8 Å². The van der Waals surface area contributed by atoms with Gasteiger partial charge in [-0.3, -0.25) is 9.97 Å². The van der Waals surface area contributed by atoms with Gasteiger partial charge in [-0.05, 0) is 37.2 Å². The number of likely N-dealkylation sites (N-methyl/N-ethyl adjacent to an activating group) is 1. The molecule has 0 amide bonds. The number of hydrogen-bond donors (Lipinski definition) is 2. The molecule has 216 valence electrons. The molecule has 0 spiro atoms. The van der Waals surface area contributed by atoms with Gasteiger partial charge in [-0.2, -0.15) is 4.98 Å². The number of anilines is 6. The summed E-state index contributed by atoms with van der Waals surface area (Å²) in [6.45, 7) is 8.34. The number of piperazine rings is 1. The average molecular weight is 594 g/mol. The Balaban J connectivity index is 1.46. The van der Waals surface area contributed by atoms with Crippen LogP contribution >= 0.6 is 23.5 Å². The number of fused-ring (bicyclic) bond motifs is 1. The van der Waals surface area contributed by atoms with Crippen molar-refractivity contribution in [3.8, 4) is 5.75 Å². The van der Waals surface area contributed by atoms with Gasteiger partial charge in [-0.25, -0.2) is 4.98 Å². The minimum atomic E-state index is 0.401. The minimum absolute atomic E-state index is 0.401. The molecule has 0 saturated carbocycles. The highest BCUT2D eigenvalue weighted by molar-refractivity contribution is 8.00. The summed E-state index contributed by atoms with van der Waals surface area (Å²) in [5.41, 5.74) is 6.58. The summed E-state index contributed by atoms with van der Waals surface area (Å²) in [7, 11) is 5.86. The third kappa shape index (κ3) is 6.37. The molecule has 41 heavy (non-hydrogen) atoms. The van der Waals surface area contributed by atoms with Gasteiger partial charge in [-0.15, -0.1) is 0 Å². The quantitative estimate of drug-likeness (QED) is 0.212. The van der Waals surface area contributed by atoms with Crippen LogP contribution in [0.5, 0.6) is 5.75 Å². The smallest absolute Gasteiger partial charge is 0.229 e. The monoisotopic (exact) mass is 593 g/mol. The normalized spacial score (nSPS) is 13.9. The first kappa shape index (κ1) is 29.0. The molecule has 3 heterocycles. The summed E-state index contributed by atoms with van der Waals surface area (Å²) in [4.78, 5) is 23.1. The van der Waals surface area contributed by atoms with Crippen molar-refractivity contribution in [2.45, 2.75) is 20.3 Å². The highest BCUT2D eigenvalue weighted by Gasteiger charge is 2.20. The van der Waals surface area contributed by atoms with Gasteiger partial charge in [0.15, 0.2) is 5.82 Å². The summed E-state index contributed by atoms with van der Waals surface area (Å²) in [6.07, 6.45) is 5.88. The topological polar surface area (TPSA) is 94.6 Å². The summed E-state index contributed by atoms with van der Waals surface area (Å²) in [5.74, 6) is 2.53. The molecule has 4 aromatic rings. The van der Waals surface area contributed by atoms with Crippen molar-refractivity contribution in [3.05, 3.63) is 53.4 Å². The van der Waals surface area contributed by atoms with Crippen LogP contribution in [-0.4, -0.2) is 78.0 Å². The molecule has 0 atom stereocenters. The second kappa shape index (κ2) is 13.0. The molecule has 1 saturated heterocycles. The largest absolute Gasteiger partial charge is 0.494 e. The van der Waals surface area contributed by atoms with Gasteiger partial charge in [0, 0.05) is 63.1 Å². The Bertz CT molecular complexity index is 1510. The molecule has 0 bridgehead atoms. The van der Waals surface area contributed by atoms with E-state index in [0.717, 1.165) is 72.2 Å².